The van der Waals surface area contributed by atoms with Gasteiger partial charge in [0.1, 0.15) is 0 Å². The van der Waals surface area contributed by atoms with Crippen LogP contribution in [0, 0.1) is 13.8 Å². The molecule has 3 rings (SSSR count). The van der Waals surface area contributed by atoms with E-state index in [2.05, 4.69) is 15.3 Å². The van der Waals surface area contributed by atoms with Crippen molar-refractivity contribution in [2.24, 2.45) is 0 Å². The van der Waals surface area contributed by atoms with Gasteiger partial charge in [0.2, 0.25) is 10.0 Å². The molecule has 0 aliphatic carbocycles. The number of nitrogens with one attached hydrogen (secondary N) is 1. The molecule has 0 aliphatic heterocycles. The molecule has 28 heavy (non-hydrogen) atoms. The molecule has 2 aromatic carbocycles. The van der Waals surface area contributed by atoms with Crippen LogP contribution >= 0.6 is 0 Å². The number of hydrogen-bond donors (Lipinski definition) is 1. The van der Waals surface area contributed by atoms with Crippen molar-refractivity contribution in [3.8, 4) is 0 Å². The van der Waals surface area contributed by atoms with Gasteiger partial charge in [-0.05, 0) is 43.7 Å². The van der Waals surface area contributed by atoms with Gasteiger partial charge in [0.15, 0.2) is 0 Å². The van der Waals surface area contributed by atoms with Crippen molar-refractivity contribution in [2.75, 3.05) is 14.1 Å². The van der Waals surface area contributed by atoms with Crippen LogP contribution in [-0.4, -0.2) is 42.7 Å². The van der Waals surface area contributed by atoms with E-state index in [1.54, 1.807) is 36.4 Å². The molecule has 1 aromatic heterocycles. The number of rotatable bonds is 5. The highest BCUT2D eigenvalue weighted by Gasteiger charge is 2.21. The lowest BCUT2D eigenvalue weighted by molar-refractivity contribution is 0.0950. The summed E-state index contributed by atoms with van der Waals surface area (Å²) in [5.74, 6) is -0.306. The molecule has 0 aliphatic rings. The Morgan fingerprint density at radius 1 is 1.00 bits per heavy atom. The molecule has 3 aromatic rings. The van der Waals surface area contributed by atoms with E-state index in [1.165, 1.54) is 20.2 Å². The van der Waals surface area contributed by atoms with Gasteiger partial charge in [0.05, 0.1) is 27.3 Å². The second-order valence-electron chi connectivity index (χ2n) is 6.68. The quantitative estimate of drug-likeness (QED) is 0.713. The van der Waals surface area contributed by atoms with Gasteiger partial charge >= 0.3 is 0 Å². The molecule has 0 radical (unpaired) electrons. The maximum Gasteiger partial charge on any atom is 0.251 e. The number of aromatic nitrogens is 2. The molecule has 0 atom stereocenters. The number of hydrogen-bond acceptors (Lipinski definition) is 5. The van der Waals surface area contributed by atoms with E-state index in [0.717, 1.165) is 21.2 Å². The van der Waals surface area contributed by atoms with Crippen LogP contribution in [0.15, 0.2) is 47.4 Å². The lowest BCUT2D eigenvalue weighted by Gasteiger charge is -2.15. The summed E-state index contributed by atoms with van der Waals surface area (Å²) in [5.41, 5.74) is 4.00. The normalized spacial score (nSPS) is 11.8. The smallest absolute Gasteiger partial charge is 0.251 e. The van der Waals surface area contributed by atoms with E-state index in [-0.39, 0.29) is 17.3 Å². The molecule has 0 unspecified atom stereocenters. The zero-order valence-corrected chi connectivity index (χ0v) is 17.0. The maximum atomic E-state index is 12.6. The Labute approximate surface area is 164 Å². The summed E-state index contributed by atoms with van der Waals surface area (Å²) in [4.78, 5) is 21.7. The van der Waals surface area contributed by atoms with Gasteiger partial charge < -0.3 is 5.32 Å². The van der Waals surface area contributed by atoms with E-state index in [4.69, 9.17) is 0 Å². The molecular formula is C20H22N4O3S. The molecular weight excluding hydrogens is 376 g/mol. The number of sulfonamides is 1. The van der Waals surface area contributed by atoms with Crippen molar-refractivity contribution in [3.63, 3.8) is 0 Å². The van der Waals surface area contributed by atoms with Gasteiger partial charge in [-0.2, -0.15) is 0 Å². The highest BCUT2D eigenvalue weighted by molar-refractivity contribution is 7.89. The molecule has 7 nitrogen and oxygen atoms in total. The van der Waals surface area contributed by atoms with Crippen LogP contribution in [0.25, 0.3) is 11.0 Å². The summed E-state index contributed by atoms with van der Waals surface area (Å²) in [6.45, 7) is 3.86. The summed E-state index contributed by atoms with van der Waals surface area (Å²) in [5, 5.41) is 2.79. The lowest BCUT2D eigenvalue weighted by atomic mass is 10.1. The zero-order chi connectivity index (χ0) is 20.5. The molecule has 0 fully saturated rings. The summed E-state index contributed by atoms with van der Waals surface area (Å²) in [6, 6.07) is 11.8. The van der Waals surface area contributed by atoms with Crippen LogP contribution in [0.2, 0.25) is 0 Å². The molecule has 0 saturated carbocycles. The van der Waals surface area contributed by atoms with Crippen molar-refractivity contribution < 1.29 is 13.2 Å². The second-order valence-corrected chi connectivity index (χ2v) is 8.80. The summed E-state index contributed by atoms with van der Waals surface area (Å²) in [6.07, 6.45) is 0. The van der Waals surface area contributed by atoms with Crippen molar-refractivity contribution >= 4 is 27.0 Å². The summed E-state index contributed by atoms with van der Waals surface area (Å²) >= 11 is 0. The van der Waals surface area contributed by atoms with Crippen molar-refractivity contribution in [3.05, 3.63) is 65.0 Å². The van der Waals surface area contributed by atoms with Gasteiger partial charge in [0.25, 0.3) is 5.91 Å². The van der Waals surface area contributed by atoms with Crippen LogP contribution in [0.3, 0.4) is 0 Å². The Balaban J connectivity index is 1.84. The van der Waals surface area contributed by atoms with Crippen LogP contribution in [0.5, 0.6) is 0 Å². The monoisotopic (exact) mass is 398 g/mol. The number of carbonyl (C=O) groups excluding carboxylic acids is 1. The first kappa shape index (κ1) is 19.9. The second kappa shape index (κ2) is 7.65. The van der Waals surface area contributed by atoms with Gasteiger partial charge in [-0.25, -0.2) is 22.7 Å². The minimum absolute atomic E-state index is 0.0960. The highest BCUT2D eigenvalue weighted by Crippen LogP contribution is 2.19. The van der Waals surface area contributed by atoms with Crippen molar-refractivity contribution in [1.29, 1.82) is 0 Å². The fraction of sp³-hybridized carbons (Fsp3) is 0.250. The molecule has 0 spiro atoms. The number of nitrogens with zero attached hydrogens (tertiary/aromatic N) is 3. The van der Waals surface area contributed by atoms with Gasteiger partial charge in [-0.15, -0.1) is 0 Å². The summed E-state index contributed by atoms with van der Waals surface area (Å²) < 4.78 is 26.1. The Hall–Kier alpha value is -2.84. The van der Waals surface area contributed by atoms with Crippen molar-refractivity contribution in [1.82, 2.24) is 19.6 Å². The fourth-order valence-electron chi connectivity index (χ4n) is 2.75. The molecule has 0 bridgehead atoms. The first-order valence-electron chi connectivity index (χ1n) is 8.74. The van der Waals surface area contributed by atoms with Crippen LogP contribution in [0.4, 0.5) is 0 Å². The Morgan fingerprint density at radius 2 is 1.64 bits per heavy atom. The van der Waals surface area contributed by atoms with E-state index >= 15 is 0 Å². The minimum Gasteiger partial charge on any atom is -0.348 e. The highest BCUT2D eigenvalue weighted by atomic mass is 32.2. The standard InChI is InChI=1S/C20H22N4O3S/c1-13-14(2)23-18-11-15(9-10-17(18)22-13)20(25)21-12-16-7-5-6-8-19(16)28(26,27)24(3)4/h5-11H,12H2,1-4H3,(H,21,25). The summed E-state index contributed by atoms with van der Waals surface area (Å²) in [7, 11) is -0.641. The Morgan fingerprint density at radius 3 is 2.32 bits per heavy atom. The third-order valence-corrected chi connectivity index (χ3v) is 6.42. The van der Waals surface area contributed by atoms with Gasteiger partial charge in [-0.3, -0.25) is 4.79 Å². The third-order valence-electron chi connectivity index (χ3n) is 4.51. The SMILES string of the molecule is Cc1nc2ccc(C(=O)NCc3ccccc3S(=O)(=O)N(C)C)cc2nc1C. The molecule has 1 heterocycles. The molecule has 1 N–H and O–H groups in total. The van der Waals surface area contributed by atoms with E-state index in [1.807, 2.05) is 13.8 Å². The first-order chi connectivity index (χ1) is 13.2. The number of aryl methyl sites for hydroxylation is 2. The number of carbonyl (C=O) groups is 1. The van der Waals surface area contributed by atoms with E-state index < -0.39 is 10.0 Å². The van der Waals surface area contributed by atoms with Gasteiger partial charge in [0, 0.05) is 26.2 Å². The van der Waals surface area contributed by atoms with Crippen LogP contribution in [-0.2, 0) is 16.6 Å². The molecule has 0 saturated heterocycles. The van der Waals surface area contributed by atoms with E-state index in [9.17, 15) is 13.2 Å². The Bertz CT molecular complexity index is 1160. The molecule has 1 amide bonds. The maximum absolute atomic E-state index is 12.6. The first-order valence-corrected chi connectivity index (χ1v) is 10.2. The number of amides is 1. The van der Waals surface area contributed by atoms with Crippen LogP contribution in [0.1, 0.15) is 27.3 Å². The van der Waals surface area contributed by atoms with Crippen LogP contribution < -0.4 is 5.32 Å². The average Bonchev–Trinajstić information content (AvgIpc) is 2.66. The molecule has 8 heteroatoms. The lowest BCUT2D eigenvalue weighted by Crippen LogP contribution is -2.27. The minimum atomic E-state index is -3.59. The fourth-order valence-corrected chi connectivity index (χ4v) is 3.86. The number of fused-ring (bicyclic) bond motifs is 1. The average molecular weight is 398 g/mol. The molecule has 146 valence electrons. The zero-order valence-electron chi connectivity index (χ0n) is 16.2. The third kappa shape index (κ3) is 3.88. The predicted molar refractivity (Wildman–Crippen MR) is 107 cm³/mol. The van der Waals surface area contributed by atoms with E-state index in [0.29, 0.717) is 16.6 Å². The van der Waals surface area contributed by atoms with Gasteiger partial charge in [-0.1, -0.05) is 18.2 Å². The number of benzene rings is 2. The van der Waals surface area contributed by atoms with Crippen molar-refractivity contribution in [2.45, 2.75) is 25.3 Å². The predicted octanol–water partition coefficient (Wildman–Crippen LogP) is 2.43. The Kier molecular flexibility index (Phi) is 5.44. The topological polar surface area (TPSA) is 92.3 Å². The largest absolute Gasteiger partial charge is 0.348 e.